The van der Waals surface area contributed by atoms with Crippen LogP contribution >= 0.6 is 0 Å². The molecule has 1 aromatic rings. The van der Waals surface area contributed by atoms with Gasteiger partial charge in [0, 0.05) is 24.8 Å². The Morgan fingerprint density at radius 3 is 2.45 bits per heavy atom. The fourth-order valence-corrected chi connectivity index (χ4v) is 3.22. The first-order valence-corrected chi connectivity index (χ1v) is 8.22. The summed E-state index contributed by atoms with van der Waals surface area (Å²) in [6, 6.07) is 9.09. The normalized spacial score (nSPS) is 21.9. The Balaban J connectivity index is 2.01. The summed E-state index contributed by atoms with van der Waals surface area (Å²) in [6.45, 7) is 9.26. The van der Waals surface area contributed by atoms with E-state index in [0.29, 0.717) is 0 Å². The smallest absolute Gasteiger partial charge is 0.0366 e. The maximum atomic E-state index is 6.09. The van der Waals surface area contributed by atoms with E-state index in [-0.39, 0.29) is 6.04 Å². The van der Waals surface area contributed by atoms with Gasteiger partial charge in [0.1, 0.15) is 0 Å². The number of benzene rings is 1. The van der Waals surface area contributed by atoms with Crippen molar-refractivity contribution in [3.63, 3.8) is 0 Å². The molecule has 2 N–H and O–H groups in total. The molecular weight excluding hydrogens is 244 g/mol. The average molecular weight is 274 g/mol. The Bertz CT molecular complexity index is 396. The summed E-state index contributed by atoms with van der Waals surface area (Å²) in [4.78, 5) is 2.55. The van der Waals surface area contributed by atoms with Crippen LogP contribution in [0.15, 0.2) is 24.3 Å². The van der Waals surface area contributed by atoms with Gasteiger partial charge in [-0.2, -0.15) is 0 Å². The zero-order chi connectivity index (χ0) is 14.5. The number of nitrogens with two attached hydrogens (primary N) is 1. The van der Waals surface area contributed by atoms with Crippen LogP contribution in [0.2, 0.25) is 0 Å². The molecule has 1 fully saturated rings. The van der Waals surface area contributed by atoms with Crippen LogP contribution in [0, 0.1) is 11.8 Å². The summed E-state index contributed by atoms with van der Waals surface area (Å²) in [5.41, 5.74) is 8.70. The van der Waals surface area contributed by atoms with Gasteiger partial charge in [0.25, 0.3) is 0 Å². The highest BCUT2D eigenvalue weighted by atomic mass is 15.1. The molecule has 112 valence electrons. The zero-order valence-electron chi connectivity index (χ0n) is 13.3. The third kappa shape index (κ3) is 3.76. The van der Waals surface area contributed by atoms with E-state index in [0.717, 1.165) is 18.3 Å². The highest BCUT2D eigenvalue weighted by Gasteiger charge is 2.19. The second-order valence-electron chi connectivity index (χ2n) is 6.53. The molecule has 2 heteroatoms. The average Bonchev–Trinajstić information content (AvgIpc) is 2.72. The second-order valence-corrected chi connectivity index (χ2v) is 6.53. The van der Waals surface area contributed by atoms with Gasteiger partial charge >= 0.3 is 0 Å². The van der Waals surface area contributed by atoms with Gasteiger partial charge in [0.15, 0.2) is 0 Å². The molecule has 0 aromatic heterocycles. The summed E-state index contributed by atoms with van der Waals surface area (Å²) in [5.74, 6) is 1.72. The van der Waals surface area contributed by atoms with Crippen LogP contribution in [0.4, 0.5) is 5.69 Å². The lowest BCUT2D eigenvalue weighted by Crippen LogP contribution is -2.24. The predicted molar refractivity (Wildman–Crippen MR) is 88.1 cm³/mol. The first-order chi connectivity index (χ1) is 9.61. The molecule has 0 aliphatic carbocycles. The van der Waals surface area contributed by atoms with Crippen molar-refractivity contribution < 1.29 is 0 Å². The molecule has 1 heterocycles. The van der Waals surface area contributed by atoms with E-state index in [1.165, 1.54) is 43.6 Å². The third-order valence-corrected chi connectivity index (χ3v) is 4.84. The Hall–Kier alpha value is -1.02. The molecule has 1 unspecified atom stereocenters. The SMILES string of the molecule is CC[C@@H](N)c1ccc(N2CCCC(C(C)C)CC2)cc1. The van der Waals surface area contributed by atoms with Crippen molar-refractivity contribution in [2.75, 3.05) is 18.0 Å². The summed E-state index contributed by atoms with van der Waals surface area (Å²) < 4.78 is 0. The van der Waals surface area contributed by atoms with E-state index in [1.54, 1.807) is 0 Å². The summed E-state index contributed by atoms with van der Waals surface area (Å²) in [6.07, 6.45) is 5.03. The number of anilines is 1. The van der Waals surface area contributed by atoms with Crippen LogP contribution in [0.5, 0.6) is 0 Å². The fourth-order valence-electron chi connectivity index (χ4n) is 3.22. The summed E-state index contributed by atoms with van der Waals surface area (Å²) >= 11 is 0. The number of hydrogen-bond acceptors (Lipinski definition) is 2. The van der Waals surface area contributed by atoms with Gasteiger partial charge in [-0.15, -0.1) is 0 Å². The van der Waals surface area contributed by atoms with Gasteiger partial charge in [0.05, 0.1) is 0 Å². The Morgan fingerprint density at radius 2 is 1.85 bits per heavy atom. The molecule has 0 radical (unpaired) electrons. The molecule has 0 spiro atoms. The van der Waals surface area contributed by atoms with Crippen LogP contribution in [-0.2, 0) is 0 Å². The van der Waals surface area contributed by atoms with Crippen LogP contribution < -0.4 is 10.6 Å². The van der Waals surface area contributed by atoms with Gasteiger partial charge in [-0.3, -0.25) is 0 Å². The third-order valence-electron chi connectivity index (χ3n) is 4.84. The van der Waals surface area contributed by atoms with Crippen molar-refractivity contribution in [2.45, 2.75) is 52.5 Å². The Kier molecular flexibility index (Phi) is 5.47. The maximum Gasteiger partial charge on any atom is 0.0366 e. The summed E-state index contributed by atoms with van der Waals surface area (Å²) in [5, 5.41) is 0. The van der Waals surface area contributed by atoms with Gasteiger partial charge in [-0.1, -0.05) is 32.9 Å². The Labute approximate surface area is 124 Å². The predicted octanol–water partition coefficient (Wildman–Crippen LogP) is 4.36. The first-order valence-electron chi connectivity index (χ1n) is 8.22. The van der Waals surface area contributed by atoms with Crippen LogP contribution in [0.1, 0.15) is 58.1 Å². The fraction of sp³-hybridized carbons (Fsp3) is 0.667. The molecule has 2 atom stereocenters. The van der Waals surface area contributed by atoms with Crippen LogP contribution in [-0.4, -0.2) is 13.1 Å². The minimum atomic E-state index is 0.179. The van der Waals surface area contributed by atoms with E-state index >= 15 is 0 Å². The van der Waals surface area contributed by atoms with E-state index < -0.39 is 0 Å². The zero-order valence-corrected chi connectivity index (χ0v) is 13.3. The molecule has 1 saturated heterocycles. The lowest BCUT2D eigenvalue weighted by atomic mass is 9.89. The molecule has 1 aliphatic heterocycles. The number of rotatable bonds is 4. The first kappa shape index (κ1) is 15.4. The van der Waals surface area contributed by atoms with Crippen molar-refractivity contribution in [2.24, 2.45) is 17.6 Å². The molecule has 2 nitrogen and oxygen atoms in total. The molecule has 0 amide bonds. The van der Waals surface area contributed by atoms with Crippen LogP contribution in [0.25, 0.3) is 0 Å². The Morgan fingerprint density at radius 1 is 1.15 bits per heavy atom. The maximum absolute atomic E-state index is 6.09. The lowest BCUT2D eigenvalue weighted by molar-refractivity contribution is 0.351. The number of hydrogen-bond donors (Lipinski definition) is 1. The molecule has 2 rings (SSSR count). The highest BCUT2D eigenvalue weighted by Crippen LogP contribution is 2.28. The van der Waals surface area contributed by atoms with Crippen molar-refractivity contribution in [1.29, 1.82) is 0 Å². The molecule has 0 bridgehead atoms. The van der Waals surface area contributed by atoms with Crippen molar-refractivity contribution >= 4 is 5.69 Å². The molecular formula is C18H30N2. The van der Waals surface area contributed by atoms with E-state index in [4.69, 9.17) is 5.73 Å². The largest absolute Gasteiger partial charge is 0.372 e. The quantitative estimate of drug-likeness (QED) is 0.884. The van der Waals surface area contributed by atoms with Crippen molar-refractivity contribution in [1.82, 2.24) is 0 Å². The van der Waals surface area contributed by atoms with Crippen LogP contribution in [0.3, 0.4) is 0 Å². The van der Waals surface area contributed by atoms with Gasteiger partial charge in [-0.25, -0.2) is 0 Å². The molecule has 20 heavy (non-hydrogen) atoms. The van der Waals surface area contributed by atoms with Gasteiger partial charge in [0.2, 0.25) is 0 Å². The summed E-state index contributed by atoms with van der Waals surface area (Å²) in [7, 11) is 0. The standard InChI is InChI=1S/C18H30N2/c1-4-18(19)16-7-9-17(10-8-16)20-12-5-6-15(11-13-20)14(2)3/h7-10,14-15,18H,4-6,11-13,19H2,1-3H3/t15?,18-/m1/s1. The number of nitrogens with zero attached hydrogens (tertiary/aromatic N) is 1. The van der Waals surface area contributed by atoms with Gasteiger partial charge in [-0.05, 0) is 55.2 Å². The second kappa shape index (κ2) is 7.12. The van der Waals surface area contributed by atoms with Gasteiger partial charge < -0.3 is 10.6 Å². The van der Waals surface area contributed by atoms with E-state index in [1.807, 2.05) is 0 Å². The minimum Gasteiger partial charge on any atom is -0.372 e. The monoisotopic (exact) mass is 274 g/mol. The molecule has 1 aromatic carbocycles. The topological polar surface area (TPSA) is 29.3 Å². The van der Waals surface area contributed by atoms with Crippen molar-refractivity contribution in [3.8, 4) is 0 Å². The van der Waals surface area contributed by atoms with E-state index in [2.05, 4.69) is 49.9 Å². The lowest BCUT2D eigenvalue weighted by Gasteiger charge is -2.24. The molecule has 0 saturated carbocycles. The van der Waals surface area contributed by atoms with E-state index in [9.17, 15) is 0 Å². The van der Waals surface area contributed by atoms with Crippen molar-refractivity contribution in [3.05, 3.63) is 29.8 Å². The molecule has 1 aliphatic rings. The minimum absolute atomic E-state index is 0.179. The highest BCUT2D eigenvalue weighted by molar-refractivity contribution is 5.48.